The Kier molecular flexibility index (Phi) is 5.81. The van der Waals surface area contributed by atoms with Gasteiger partial charge in [0.15, 0.2) is 0 Å². The minimum absolute atomic E-state index is 0.284. The van der Waals surface area contributed by atoms with E-state index in [1.54, 1.807) is 6.92 Å². The van der Waals surface area contributed by atoms with E-state index in [0.29, 0.717) is 12.6 Å². The van der Waals surface area contributed by atoms with E-state index in [2.05, 4.69) is 12.2 Å². The van der Waals surface area contributed by atoms with E-state index in [0.717, 1.165) is 5.92 Å². The first-order valence-corrected chi connectivity index (χ1v) is 6.57. The van der Waals surface area contributed by atoms with E-state index in [4.69, 9.17) is 5.11 Å². The molecule has 0 spiro atoms. The van der Waals surface area contributed by atoms with Gasteiger partial charge < -0.3 is 10.4 Å². The second kappa shape index (κ2) is 6.89. The van der Waals surface area contributed by atoms with Crippen LogP contribution >= 0.6 is 0 Å². The van der Waals surface area contributed by atoms with E-state index in [1.807, 2.05) is 0 Å². The molecule has 16 heavy (non-hydrogen) atoms. The van der Waals surface area contributed by atoms with Crippen molar-refractivity contribution >= 4 is 5.97 Å². The monoisotopic (exact) mass is 227 g/mol. The van der Waals surface area contributed by atoms with Gasteiger partial charge in [-0.1, -0.05) is 32.6 Å². The zero-order valence-electron chi connectivity index (χ0n) is 10.5. The lowest BCUT2D eigenvalue weighted by molar-refractivity contribution is -0.141. The maximum atomic E-state index is 10.7. The van der Waals surface area contributed by atoms with Crippen LogP contribution in [-0.4, -0.2) is 23.7 Å². The fraction of sp³-hybridized carbons (Fsp3) is 0.923. The van der Waals surface area contributed by atoms with Crippen LogP contribution in [0.5, 0.6) is 0 Å². The third-order valence-electron chi connectivity index (χ3n) is 3.77. The van der Waals surface area contributed by atoms with Crippen molar-refractivity contribution in [1.82, 2.24) is 5.32 Å². The second-order valence-corrected chi connectivity index (χ2v) is 5.19. The van der Waals surface area contributed by atoms with E-state index in [1.165, 1.54) is 38.5 Å². The lowest BCUT2D eigenvalue weighted by atomic mass is 9.93. The molecule has 1 aliphatic rings. The Morgan fingerprint density at radius 1 is 1.25 bits per heavy atom. The van der Waals surface area contributed by atoms with Gasteiger partial charge in [0.25, 0.3) is 0 Å². The molecule has 0 aromatic carbocycles. The number of nitrogens with one attached hydrogen (secondary N) is 1. The van der Waals surface area contributed by atoms with Gasteiger partial charge in [-0.3, -0.25) is 4.79 Å². The Bertz CT molecular complexity index is 210. The van der Waals surface area contributed by atoms with Crippen LogP contribution in [0.2, 0.25) is 0 Å². The molecule has 1 saturated carbocycles. The number of hydrogen-bond acceptors (Lipinski definition) is 2. The van der Waals surface area contributed by atoms with Crippen molar-refractivity contribution in [3.8, 4) is 0 Å². The number of carboxylic acids is 1. The maximum Gasteiger partial charge on any atom is 0.307 e. The first-order valence-electron chi connectivity index (χ1n) is 6.57. The van der Waals surface area contributed by atoms with Gasteiger partial charge >= 0.3 is 5.97 Å². The SMILES string of the molecule is CC(CN[C@@H](C)C1CCCCCC1)C(=O)O. The Morgan fingerprint density at radius 3 is 2.31 bits per heavy atom. The zero-order valence-corrected chi connectivity index (χ0v) is 10.5. The van der Waals surface area contributed by atoms with E-state index in [-0.39, 0.29) is 5.92 Å². The summed E-state index contributed by atoms with van der Waals surface area (Å²) in [4.78, 5) is 10.7. The molecule has 0 amide bonds. The molecule has 0 bridgehead atoms. The average Bonchev–Trinajstić information content (AvgIpc) is 2.53. The Labute approximate surface area is 98.6 Å². The van der Waals surface area contributed by atoms with Crippen molar-refractivity contribution in [2.24, 2.45) is 11.8 Å². The van der Waals surface area contributed by atoms with Gasteiger partial charge in [0, 0.05) is 12.6 Å². The molecule has 3 nitrogen and oxygen atoms in total. The molecule has 0 radical (unpaired) electrons. The minimum atomic E-state index is -0.708. The third kappa shape index (κ3) is 4.52. The number of carbonyl (C=O) groups is 1. The molecule has 1 rings (SSSR count). The van der Waals surface area contributed by atoms with Crippen molar-refractivity contribution < 1.29 is 9.90 Å². The van der Waals surface area contributed by atoms with Crippen molar-refractivity contribution in [3.05, 3.63) is 0 Å². The summed E-state index contributed by atoms with van der Waals surface area (Å²) in [6.07, 6.45) is 8.02. The van der Waals surface area contributed by atoms with Gasteiger partial charge in [-0.2, -0.15) is 0 Å². The molecule has 0 saturated heterocycles. The van der Waals surface area contributed by atoms with Crippen LogP contribution in [-0.2, 0) is 4.79 Å². The van der Waals surface area contributed by atoms with Gasteiger partial charge in [-0.05, 0) is 25.7 Å². The van der Waals surface area contributed by atoms with E-state index in [9.17, 15) is 4.79 Å². The van der Waals surface area contributed by atoms with Crippen molar-refractivity contribution in [2.75, 3.05) is 6.54 Å². The van der Waals surface area contributed by atoms with E-state index < -0.39 is 5.97 Å². The highest BCUT2D eigenvalue weighted by molar-refractivity contribution is 5.69. The predicted octanol–water partition coefficient (Wildman–Crippen LogP) is 2.66. The van der Waals surface area contributed by atoms with Crippen LogP contribution in [0, 0.1) is 11.8 Å². The quantitative estimate of drug-likeness (QED) is 0.710. The largest absolute Gasteiger partial charge is 0.481 e. The van der Waals surface area contributed by atoms with Crippen LogP contribution in [0.15, 0.2) is 0 Å². The summed E-state index contributed by atoms with van der Waals surface area (Å²) >= 11 is 0. The first kappa shape index (κ1) is 13.5. The molecule has 3 heteroatoms. The molecule has 1 aliphatic carbocycles. The summed E-state index contributed by atoms with van der Waals surface area (Å²) in [5, 5.41) is 12.2. The Hall–Kier alpha value is -0.570. The molecule has 0 heterocycles. The number of rotatable bonds is 5. The summed E-state index contributed by atoms with van der Waals surface area (Å²) in [6, 6.07) is 0.458. The third-order valence-corrected chi connectivity index (χ3v) is 3.77. The molecule has 0 aromatic rings. The van der Waals surface area contributed by atoms with Crippen LogP contribution in [0.1, 0.15) is 52.4 Å². The second-order valence-electron chi connectivity index (χ2n) is 5.19. The van der Waals surface area contributed by atoms with Gasteiger partial charge in [0.05, 0.1) is 5.92 Å². The highest BCUT2D eigenvalue weighted by Gasteiger charge is 2.20. The van der Waals surface area contributed by atoms with Crippen LogP contribution in [0.3, 0.4) is 0 Å². The summed E-state index contributed by atoms with van der Waals surface area (Å²) in [5.74, 6) is -0.253. The standard InChI is InChI=1S/C13H25NO2/c1-10(13(15)16)9-14-11(2)12-7-5-3-4-6-8-12/h10-12,14H,3-9H2,1-2H3,(H,15,16)/t10?,11-/m0/s1. The lowest BCUT2D eigenvalue weighted by Crippen LogP contribution is -2.37. The highest BCUT2D eigenvalue weighted by atomic mass is 16.4. The minimum Gasteiger partial charge on any atom is -0.481 e. The average molecular weight is 227 g/mol. The van der Waals surface area contributed by atoms with Crippen molar-refractivity contribution in [2.45, 2.75) is 58.4 Å². The topological polar surface area (TPSA) is 49.3 Å². The zero-order chi connectivity index (χ0) is 12.0. The normalized spacial score (nSPS) is 22.4. The first-order chi connectivity index (χ1) is 7.61. The van der Waals surface area contributed by atoms with Gasteiger partial charge in [-0.25, -0.2) is 0 Å². The predicted molar refractivity (Wildman–Crippen MR) is 65.5 cm³/mol. The van der Waals surface area contributed by atoms with Crippen LogP contribution < -0.4 is 5.32 Å². The number of aliphatic carboxylic acids is 1. The van der Waals surface area contributed by atoms with Gasteiger partial charge in [-0.15, -0.1) is 0 Å². The molecule has 0 aromatic heterocycles. The maximum absolute atomic E-state index is 10.7. The van der Waals surface area contributed by atoms with E-state index >= 15 is 0 Å². The Morgan fingerprint density at radius 2 is 1.81 bits per heavy atom. The Balaban J connectivity index is 2.27. The van der Waals surface area contributed by atoms with Gasteiger partial charge in [0.2, 0.25) is 0 Å². The van der Waals surface area contributed by atoms with Crippen molar-refractivity contribution in [1.29, 1.82) is 0 Å². The molecule has 0 aliphatic heterocycles. The smallest absolute Gasteiger partial charge is 0.307 e. The number of carboxylic acid groups (broad SMARTS) is 1. The van der Waals surface area contributed by atoms with Gasteiger partial charge in [0.1, 0.15) is 0 Å². The molecule has 1 fully saturated rings. The summed E-state index contributed by atoms with van der Waals surface area (Å²) < 4.78 is 0. The molecular weight excluding hydrogens is 202 g/mol. The lowest BCUT2D eigenvalue weighted by Gasteiger charge is -2.24. The molecule has 2 atom stereocenters. The molecular formula is C13H25NO2. The van der Waals surface area contributed by atoms with Crippen LogP contribution in [0.25, 0.3) is 0 Å². The fourth-order valence-corrected chi connectivity index (χ4v) is 2.43. The number of hydrogen-bond donors (Lipinski definition) is 2. The highest BCUT2D eigenvalue weighted by Crippen LogP contribution is 2.25. The summed E-state index contributed by atoms with van der Waals surface area (Å²) in [5.41, 5.74) is 0. The fourth-order valence-electron chi connectivity index (χ4n) is 2.43. The van der Waals surface area contributed by atoms with Crippen molar-refractivity contribution in [3.63, 3.8) is 0 Å². The molecule has 1 unspecified atom stereocenters. The van der Waals surface area contributed by atoms with Crippen LogP contribution in [0.4, 0.5) is 0 Å². The summed E-state index contributed by atoms with van der Waals surface area (Å²) in [6.45, 7) is 4.55. The molecule has 94 valence electrons. The summed E-state index contributed by atoms with van der Waals surface area (Å²) in [7, 11) is 0. The molecule has 2 N–H and O–H groups in total.